The maximum absolute atomic E-state index is 12.9. The van der Waals surface area contributed by atoms with Gasteiger partial charge in [0.1, 0.15) is 0 Å². The first-order chi connectivity index (χ1) is 11.6. The number of nitrogens with one attached hydrogen (secondary N) is 1. The van der Waals surface area contributed by atoms with Crippen molar-refractivity contribution in [2.45, 2.75) is 13.3 Å². The lowest BCUT2D eigenvalue weighted by molar-refractivity contribution is -0.139. The fraction of sp³-hybridized carbons (Fsp3) is 0.474. The van der Waals surface area contributed by atoms with E-state index in [4.69, 9.17) is 0 Å². The summed E-state index contributed by atoms with van der Waals surface area (Å²) in [5.41, 5.74) is 2.04. The number of anilines is 1. The van der Waals surface area contributed by atoms with Crippen LogP contribution < -0.4 is 5.32 Å². The number of aryl methyl sites for hydroxylation is 1. The average molecular weight is 387 g/mol. The number of benzene rings is 1. The van der Waals surface area contributed by atoms with Crippen LogP contribution in [0.15, 0.2) is 34.8 Å². The van der Waals surface area contributed by atoms with Crippen molar-refractivity contribution in [1.29, 1.82) is 0 Å². The number of likely N-dealkylation sites (tertiary alicyclic amines) is 1. The Balaban J connectivity index is 1.37. The fourth-order valence-electron chi connectivity index (χ4n) is 5.16. The topological polar surface area (TPSA) is 49.4 Å². The zero-order chi connectivity index (χ0) is 16.6. The number of carbonyl (C=O) groups is 2. The molecular formula is C19H19BrN2O2. The van der Waals surface area contributed by atoms with Gasteiger partial charge in [0.25, 0.3) is 0 Å². The number of imide groups is 1. The van der Waals surface area contributed by atoms with Crippen molar-refractivity contribution >= 4 is 33.4 Å². The summed E-state index contributed by atoms with van der Waals surface area (Å²) in [6, 6.07) is 5.95. The van der Waals surface area contributed by atoms with Crippen molar-refractivity contribution in [2.75, 3.05) is 12.0 Å². The van der Waals surface area contributed by atoms with E-state index in [0.717, 1.165) is 15.7 Å². The molecule has 24 heavy (non-hydrogen) atoms. The summed E-state index contributed by atoms with van der Waals surface area (Å²) in [6.45, 7) is 2.28. The SMILES string of the molecule is Cc1cc(Br)ccc1NCN1C(=O)[C@H]2[C@@H]3C=C[C@H]([C@H]4C[C@H]34)[C@@H]2C1=O. The standard InChI is InChI=1S/C19H19BrN2O2/c1-9-6-10(20)2-5-15(9)21-8-22-18(23)16-11-3-4-12(14-7-13(11)14)17(16)19(22)24/h2-6,11-14,16-17,21H,7-8H2,1H3/t11-,12-,13-,14-,16+,17+/m1/s1. The molecule has 3 fully saturated rings. The second-order valence-corrected chi connectivity index (χ2v) is 8.47. The highest BCUT2D eigenvalue weighted by Crippen LogP contribution is 2.65. The largest absolute Gasteiger partial charge is 0.367 e. The van der Waals surface area contributed by atoms with Crippen LogP contribution in [-0.2, 0) is 9.59 Å². The van der Waals surface area contributed by atoms with E-state index in [2.05, 4.69) is 33.4 Å². The molecule has 0 aromatic heterocycles. The number of carbonyl (C=O) groups excluding carboxylic acids is 2. The molecule has 0 radical (unpaired) electrons. The van der Waals surface area contributed by atoms with E-state index < -0.39 is 0 Å². The lowest BCUT2D eigenvalue weighted by Crippen LogP contribution is -2.40. The van der Waals surface area contributed by atoms with Gasteiger partial charge in [0, 0.05) is 10.2 Å². The lowest BCUT2D eigenvalue weighted by atomic mass is 9.63. The third-order valence-electron chi connectivity index (χ3n) is 6.37. The van der Waals surface area contributed by atoms with Gasteiger partial charge in [0.15, 0.2) is 0 Å². The van der Waals surface area contributed by atoms with Gasteiger partial charge in [-0.15, -0.1) is 0 Å². The van der Waals surface area contributed by atoms with Gasteiger partial charge in [-0.1, -0.05) is 28.1 Å². The Hall–Kier alpha value is -1.62. The van der Waals surface area contributed by atoms with Crippen LogP contribution in [0.3, 0.4) is 0 Å². The molecule has 0 spiro atoms. The van der Waals surface area contributed by atoms with Crippen molar-refractivity contribution in [3.05, 3.63) is 40.4 Å². The molecule has 1 aliphatic heterocycles. The Morgan fingerprint density at radius 2 is 1.75 bits per heavy atom. The number of amides is 2. The minimum absolute atomic E-state index is 0.0250. The van der Waals surface area contributed by atoms with Crippen molar-refractivity contribution in [1.82, 2.24) is 4.90 Å². The van der Waals surface area contributed by atoms with Crippen LogP contribution in [0.25, 0.3) is 0 Å². The Bertz CT molecular complexity index is 754. The molecule has 4 aliphatic carbocycles. The summed E-state index contributed by atoms with van der Waals surface area (Å²) in [7, 11) is 0. The van der Waals surface area contributed by atoms with Gasteiger partial charge >= 0.3 is 0 Å². The monoisotopic (exact) mass is 386 g/mol. The van der Waals surface area contributed by atoms with Crippen molar-refractivity contribution in [3.63, 3.8) is 0 Å². The minimum Gasteiger partial charge on any atom is -0.367 e. The Labute approximate surface area is 149 Å². The van der Waals surface area contributed by atoms with Crippen LogP contribution in [-0.4, -0.2) is 23.4 Å². The van der Waals surface area contributed by atoms with Gasteiger partial charge < -0.3 is 5.32 Å². The number of hydrogen-bond donors (Lipinski definition) is 1. The van der Waals surface area contributed by atoms with Gasteiger partial charge in [-0.05, 0) is 60.8 Å². The molecule has 5 heteroatoms. The molecule has 2 amide bonds. The summed E-state index contributed by atoms with van der Waals surface area (Å²) in [6.07, 6.45) is 5.62. The van der Waals surface area contributed by atoms with Crippen molar-refractivity contribution in [3.8, 4) is 0 Å². The van der Waals surface area contributed by atoms with E-state index in [9.17, 15) is 9.59 Å². The van der Waals surface area contributed by atoms with Crippen LogP contribution in [0.2, 0.25) is 0 Å². The molecule has 2 bridgehead atoms. The van der Waals surface area contributed by atoms with E-state index in [1.807, 2.05) is 25.1 Å². The van der Waals surface area contributed by atoms with E-state index in [1.165, 1.54) is 11.3 Å². The number of halogens is 1. The molecule has 1 saturated heterocycles. The zero-order valence-electron chi connectivity index (χ0n) is 13.4. The van der Waals surface area contributed by atoms with E-state index >= 15 is 0 Å². The van der Waals surface area contributed by atoms with E-state index in [-0.39, 0.29) is 30.3 Å². The first-order valence-electron chi connectivity index (χ1n) is 8.60. The summed E-state index contributed by atoms with van der Waals surface area (Å²) in [5, 5.41) is 3.27. The van der Waals surface area contributed by atoms with Crippen molar-refractivity contribution in [2.24, 2.45) is 35.5 Å². The molecular weight excluding hydrogens is 368 g/mol. The van der Waals surface area contributed by atoms with E-state index in [0.29, 0.717) is 23.7 Å². The maximum atomic E-state index is 12.9. The van der Waals surface area contributed by atoms with Crippen LogP contribution >= 0.6 is 15.9 Å². The smallest absolute Gasteiger partial charge is 0.235 e. The number of rotatable bonds is 3. The first-order valence-corrected chi connectivity index (χ1v) is 9.39. The number of hydrogen-bond acceptors (Lipinski definition) is 3. The van der Waals surface area contributed by atoms with Gasteiger partial charge in [-0.2, -0.15) is 0 Å². The third kappa shape index (κ3) is 1.91. The van der Waals surface area contributed by atoms with Crippen LogP contribution in [0.4, 0.5) is 5.69 Å². The number of allylic oxidation sites excluding steroid dienone is 2. The number of nitrogens with zero attached hydrogens (tertiary/aromatic N) is 1. The second kappa shape index (κ2) is 4.94. The predicted molar refractivity (Wildman–Crippen MR) is 93.9 cm³/mol. The highest BCUT2D eigenvalue weighted by atomic mass is 79.9. The Kier molecular flexibility index (Phi) is 3.03. The molecule has 6 rings (SSSR count). The van der Waals surface area contributed by atoms with Gasteiger partial charge in [-0.3, -0.25) is 14.5 Å². The molecule has 1 aromatic carbocycles. The van der Waals surface area contributed by atoms with Crippen LogP contribution in [0, 0.1) is 42.4 Å². The molecule has 0 unspecified atom stereocenters. The normalized spacial score (nSPS) is 38.3. The molecule has 6 atom stereocenters. The quantitative estimate of drug-likeness (QED) is 0.640. The molecule has 1 N–H and O–H groups in total. The van der Waals surface area contributed by atoms with Gasteiger partial charge in [-0.25, -0.2) is 0 Å². The second-order valence-electron chi connectivity index (χ2n) is 7.55. The summed E-state index contributed by atoms with van der Waals surface area (Å²) in [4.78, 5) is 27.2. The maximum Gasteiger partial charge on any atom is 0.235 e. The predicted octanol–water partition coefficient (Wildman–Crippen LogP) is 3.18. The van der Waals surface area contributed by atoms with Crippen LogP contribution in [0.5, 0.6) is 0 Å². The highest BCUT2D eigenvalue weighted by molar-refractivity contribution is 9.10. The molecule has 124 valence electrons. The van der Waals surface area contributed by atoms with Crippen LogP contribution in [0.1, 0.15) is 12.0 Å². The average Bonchev–Trinajstić information content (AvgIpc) is 3.33. The van der Waals surface area contributed by atoms with Gasteiger partial charge in [0.2, 0.25) is 11.8 Å². The molecule has 1 aromatic rings. The summed E-state index contributed by atoms with van der Waals surface area (Å²) >= 11 is 3.45. The lowest BCUT2D eigenvalue weighted by Gasteiger charge is -2.37. The minimum atomic E-state index is -0.107. The fourth-order valence-corrected chi connectivity index (χ4v) is 5.64. The zero-order valence-corrected chi connectivity index (χ0v) is 15.0. The first kappa shape index (κ1) is 14.7. The molecule has 2 saturated carbocycles. The summed E-state index contributed by atoms with van der Waals surface area (Å²) in [5.74, 6) is 1.73. The Morgan fingerprint density at radius 3 is 2.33 bits per heavy atom. The Morgan fingerprint density at radius 1 is 1.12 bits per heavy atom. The summed E-state index contributed by atoms with van der Waals surface area (Å²) < 4.78 is 1.02. The van der Waals surface area contributed by atoms with E-state index in [1.54, 1.807) is 0 Å². The third-order valence-corrected chi connectivity index (χ3v) is 6.86. The van der Waals surface area contributed by atoms with Crippen molar-refractivity contribution < 1.29 is 9.59 Å². The van der Waals surface area contributed by atoms with Gasteiger partial charge in [0.05, 0.1) is 18.5 Å². The molecule has 5 aliphatic rings. The molecule has 1 heterocycles. The highest BCUT2D eigenvalue weighted by Gasteiger charge is 2.66. The molecule has 4 nitrogen and oxygen atoms in total.